The lowest BCUT2D eigenvalue weighted by molar-refractivity contribution is 0.0696. The summed E-state index contributed by atoms with van der Waals surface area (Å²) in [5, 5.41) is 21.4. The molecule has 0 saturated heterocycles. The number of hydrogen-bond acceptors (Lipinski definition) is 4. The number of carboxylic acids is 1. The zero-order valence-corrected chi connectivity index (χ0v) is 10.6. The molecule has 5 nitrogen and oxygen atoms in total. The van der Waals surface area contributed by atoms with Gasteiger partial charge < -0.3 is 20.3 Å². The Balaban J connectivity index is 2.36. The molecule has 0 fully saturated rings. The Morgan fingerprint density at radius 2 is 1.94 bits per heavy atom. The van der Waals surface area contributed by atoms with Crippen LogP contribution in [0.15, 0.2) is 24.3 Å². The van der Waals surface area contributed by atoms with Gasteiger partial charge in [0.1, 0.15) is 18.5 Å². The van der Waals surface area contributed by atoms with Gasteiger partial charge in [-0.2, -0.15) is 0 Å². The summed E-state index contributed by atoms with van der Waals surface area (Å²) in [5.41, 5.74) is 0.212. The van der Waals surface area contributed by atoms with Crippen LogP contribution < -0.4 is 10.1 Å². The van der Waals surface area contributed by atoms with Crippen molar-refractivity contribution >= 4 is 5.97 Å². The Kier molecular flexibility index (Phi) is 5.61. The number of nitrogens with one attached hydrogen (secondary N) is 1. The molecule has 18 heavy (non-hydrogen) atoms. The molecule has 1 aromatic carbocycles. The maximum atomic E-state index is 10.6. The number of aliphatic hydroxyl groups is 1. The third-order valence-electron chi connectivity index (χ3n) is 2.31. The van der Waals surface area contributed by atoms with Crippen LogP contribution in [0.1, 0.15) is 24.2 Å². The molecule has 0 aliphatic carbocycles. The van der Waals surface area contributed by atoms with Crippen molar-refractivity contribution in [2.75, 3.05) is 13.2 Å². The molecule has 0 aliphatic rings. The average molecular weight is 253 g/mol. The minimum atomic E-state index is -0.970. The second-order valence-corrected chi connectivity index (χ2v) is 4.36. The lowest BCUT2D eigenvalue weighted by Gasteiger charge is -2.15. The largest absolute Gasteiger partial charge is 0.491 e. The molecular weight excluding hydrogens is 234 g/mol. The summed E-state index contributed by atoms with van der Waals surface area (Å²) in [6, 6.07) is 6.40. The van der Waals surface area contributed by atoms with E-state index in [-0.39, 0.29) is 12.2 Å². The number of carboxylic acid groups (broad SMARTS) is 1. The van der Waals surface area contributed by atoms with Crippen LogP contribution in [-0.2, 0) is 0 Å². The predicted molar refractivity (Wildman–Crippen MR) is 68.0 cm³/mol. The van der Waals surface area contributed by atoms with Crippen LogP contribution >= 0.6 is 0 Å². The molecule has 0 bridgehead atoms. The zero-order chi connectivity index (χ0) is 13.5. The number of carbonyl (C=O) groups is 1. The third-order valence-corrected chi connectivity index (χ3v) is 2.31. The minimum absolute atomic E-state index is 0.173. The molecular formula is C13H19NO4. The molecule has 1 rings (SSSR count). The molecule has 0 spiro atoms. The van der Waals surface area contributed by atoms with Gasteiger partial charge in [0, 0.05) is 12.6 Å². The van der Waals surface area contributed by atoms with Gasteiger partial charge in [-0.25, -0.2) is 4.79 Å². The molecule has 1 unspecified atom stereocenters. The molecule has 0 aliphatic heterocycles. The Morgan fingerprint density at radius 1 is 1.33 bits per heavy atom. The summed E-state index contributed by atoms with van der Waals surface area (Å²) in [6.07, 6.45) is -0.591. The van der Waals surface area contributed by atoms with E-state index >= 15 is 0 Å². The Hall–Kier alpha value is -1.59. The normalized spacial score (nSPS) is 12.4. The van der Waals surface area contributed by atoms with Crippen LogP contribution in [0.3, 0.4) is 0 Å². The van der Waals surface area contributed by atoms with Gasteiger partial charge in [-0.1, -0.05) is 13.8 Å². The Morgan fingerprint density at radius 3 is 2.44 bits per heavy atom. The Labute approximate surface area is 106 Å². The van der Waals surface area contributed by atoms with Crippen molar-refractivity contribution in [3.05, 3.63) is 29.8 Å². The van der Waals surface area contributed by atoms with Gasteiger partial charge in [-0.15, -0.1) is 0 Å². The van der Waals surface area contributed by atoms with E-state index in [0.717, 1.165) is 0 Å². The quantitative estimate of drug-likeness (QED) is 0.678. The van der Waals surface area contributed by atoms with Gasteiger partial charge >= 0.3 is 5.97 Å². The van der Waals surface area contributed by atoms with Crippen LogP contribution in [-0.4, -0.2) is 41.5 Å². The standard InChI is InChI=1S/C13H19NO4/c1-9(2)14-7-11(15)8-18-12-5-3-10(4-6-12)13(16)17/h3-6,9,11,14-15H,7-8H2,1-2H3,(H,16,17). The SMILES string of the molecule is CC(C)NCC(O)COc1ccc(C(=O)O)cc1. The average Bonchev–Trinajstić information content (AvgIpc) is 2.34. The van der Waals surface area contributed by atoms with Crippen molar-refractivity contribution < 1.29 is 19.7 Å². The molecule has 100 valence electrons. The first kappa shape index (κ1) is 14.5. The van der Waals surface area contributed by atoms with Gasteiger partial charge in [-0.05, 0) is 24.3 Å². The van der Waals surface area contributed by atoms with Crippen molar-refractivity contribution in [3.8, 4) is 5.75 Å². The molecule has 5 heteroatoms. The highest BCUT2D eigenvalue weighted by Gasteiger charge is 2.07. The van der Waals surface area contributed by atoms with Gasteiger partial charge in [-0.3, -0.25) is 0 Å². The van der Waals surface area contributed by atoms with E-state index in [2.05, 4.69) is 5.32 Å². The molecule has 3 N–H and O–H groups in total. The fraction of sp³-hybridized carbons (Fsp3) is 0.462. The summed E-state index contributed by atoms with van der Waals surface area (Å²) in [6.45, 7) is 4.63. The van der Waals surface area contributed by atoms with Gasteiger partial charge in [0.2, 0.25) is 0 Å². The van der Waals surface area contributed by atoms with Crippen LogP contribution in [0.25, 0.3) is 0 Å². The van der Waals surface area contributed by atoms with Gasteiger partial charge in [0.25, 0.3) is 0 Å². The molecule has 0 amide bonds. The lowest BCUT2D eigenvalue weighted by Crippen LogP contribution is -2.35. The maximum absolute atomic E-state index is 10.6. The highest BCUT2D eigenvalue weighted by molar-refractivity contribution is 5.87. The number of aliphatic hydroxyl groups excluding tert-OH is 1. The maximum Gasteiger partial charge on any atom is 0.335 e. The molecule has 0 saturated carbocycles. The fourth-order valence-corrected chi connectivity index (χ4v) is 1.32. The van der Waals surface area contributed by atoms with Crippen LogP contribution in [0.4, 0.5) is 0 Å². The molecule has 1 aromatic rings. The second-order valence-electron chi connectivity index (χ2n) is 4.36. The van der Waals surface area contributed by atoms with E-state index < -0.39 is 12.1 Å². The summed E-state index contributed by atoms with van der Waals surface area (Å²) < 4.78 is 5.35. The first-order valence-electron chi connectivity index (χ1n) is 5.86. The van der Waals surface area contributed by atoms with E-state index in [4.69, 9.17) is 9.84 Å². The minimum Gasteiger partial charge on any atom is -0.491 e. The topological polar surface area (TPSA) is 78.8 Å². The van der Waals surface area contributed by atoms with Crippen LogP contribution in [0, 0.1) is 0 Å². The molecule has 0 heterocycles. The summed E-state index contributed by atoms with van der Waals surface area (Å²) in [5.74, 6) is -0.425. The van der Waals surface area contributed by atoms with Crippen molar-refractivity contribution in [1.29, 1.82) is 0 Å². The Bertz CT molecular complexity index is 375. The van der Waals surface area contributed by atoms with E-state index in [1.807, 2.05) is 13.8 Å². The van der Waals surface area contributed by atoms with Crippen molar-refractivity contribution in [2.45, 2.75) is 26.0 Å². The number of benzene rings is 1. The predicted octanol–water partition coefficient (Wildman–Crippen LogP) is 1.12. The van der Waals surface area contributed by atoms with E-state index in [0.29, 0.717) is 18.3 Å². The van der Waals surface area contributed by atoms with Gasteiger partial charge in [0.15, 0.2) is 0 Å². The number of rotatable bonds is 7. The molecule has 1 atom stereocenters. The third kappa shape index (κ3) is 5.16. The first-order valence-corrected chi connectivity index (χ1v) is 5.86. The smallest absolute Gasteiger partial charge is 0.335 e. The van der Waals surface area contributed by atoms with Gasteiger partial charge in [0.05, 0.1) is 5.56 Å². The lowest BCUT2D eigenvalue weighted by atomic mass is 10.2. The number of ether oxygens (including phenoxy) is 1. The highest BCUT2D eigenvalue weighted by Crippen LogP contribution is 2.12. The summed E-state index contributed by atoms with van der Waals surface area (Å²) >= 11 is 0. The van der Waals surface area contributed by atoms with Crippen LogP contribution in [0.2, 0.25) is 0 Å². The van der Waals surface area contributed by atoms with E-state index in [1.54, 1.807) is 12.1 Å². The first-order chi connectivity index (χ1) is 8.49. The summed E-state index contributed by atoms with van der Waals surface area (Å²) in [4.78, 5) is 10.6. The van der Waals surface area contributed by atoms with E-state index in [1.165, 1.54) is 12.1 Å². The number of hydrogen-bond donors (Lipinski definition) is 3. The molecule has 0 radical (unpaired) electrons. The summed E-state index contributed by atoms with van der Waals surface area (Å²) in [7, 11) is 0. The van der Waals surface area contributed by atoms with Crippen molar-refractivity contribution in [2.24, 2.45) is 0 Å². The second kappa shape index (κ2) is 6.98. The number of aromatic carboxylic acids is 1. The monoisotopic (exact) mass is 253 g/mol. The van der Waals surface area contributed by atoms with E-state index in [9.17, 15) is 9.90 Å². The fourth-order valence-electron chi connectivity index (χ4n) is 1.32. The van der Waals surface area contributed by atoms with Crippen molar-refractivity contribution in [3.63, 3.8) is 0 Å². The zero-order valence-electron chi connectivity index (χ0n) is 10.6. The van der Waals surface area contributed by atoms with Crippen LogP contribution in [0.5, 0.6) is 5.75 Å². The van der Waals surface area contributed by atoms with Crippen molar-refractivity contribution in [1.82, 2.24) is 5.32 Å². The highest BCUT2D eigenvalue weighted by atomic mass is 16.5. The molecule has 0 aromatic heterocycles.